The van der Waals surface area contributed by atoms with E-state index in [-0.39, 0.29) is 24.4 Å². The Labute approximate surface area is 133 Å². The smallest absolute Gasteiger partial charge is 0.254 e. The highest BCUT2D eigenvalue weighted by molar-refractivity contribution is 9.10. The van der Waals surface area contributed by atoms with Gasteiger partial charge in [0, 0.05) is 24.7 Å². The number of carbonyl (C=O) groups is 1. The first-order chi connectivity index (χ1) is 9.02. The van der Waals surface area contributed by atoms with Crippen LogP contribution in [0.25, 0.3) is 0 Å². The van der Waals surface area contributed by atoms with E-state index >= 15 is 0 Å². The highest BCUT2D eigenvalue weighted by Crippen LogP contribution is 2.24. The van der Waals surface area contributed by atoms with Crippen molar-refractivity contribution in [3.63, 3.8) is 0 Å². The molecule has 0 bridgehead atoms. The van der Waals surface area contributed by atoms with Gasteiger partial charge >= 0.3 is 0 Å². The number of halogens is 3. The highest BCUT2D eigenvalue weighted by Gasteiger charge is 2.29. The van der Waals surface area contributed by atoms with Gasteiger partial charge in [-0.05, 0) is 52.9 Å². The first kappa shape index (κ1) is 17.4. The van der Waals surface area contributed by atoms with Gasteiger partial charge in [-0.2, -0.15) is 0 Å². The van der Waals surface area contributed by atoms with Crippen molar-refractivity contribution in [2.45, 2.75) is 25.8 Å². The first-order valence-corrected chi connectivity index (χ1v) is 7.28. The molecule has 2 N–H and O–H groups in total. The van der Waals surface area contributed by atoms with Crippen LogP contribution in [0.2, 0.25) is 0 Å². The predicted octanol–water partition coefficient (Wildman–Crippen LogP) is 3.21. The zero-order valence-corrected chi connectivity index (χ0v) is 13.7. The van der Waals surface area contributed by atoms with E-state index in [2.05, 4.69) is 22.9 Å². The average Bonchev–Trinajstić information content (AvgIpc) is 2.41. The van der Waals surface area contributed by atoms with Gasteiger partial charge in [0.2, 0.25) is 0 Å². The maximum absolute atomic E-state index is 13.5. The van der Waals surface area contributed by atoms with Crippen LogP contribution in [-0.2, 0) is 0 Å². The third kappa shape index (κ3) is 3.71. The fourth-order valence-corrected chi connectivity index (χ4v) is 2.78. The van der Waals surface area contributed by atoms with Gasteiger partial charge in [0.25, 0.3) is 5.91 Å². The largest absolute Gasteiger partial charge is 0.334 e. The van der Waals surface area contributed by atoms with Crippen molar-refractivity contribution in [1.82, 2.24) is 4.90 Å². The molecule has 3 nitrogen and oxygen atoms in total. The summed E-state index contributed by atoms with van der Waals surface area (Å²) in [6.07, 6.45) is 1.89. The fourth-order valence-electron chi connectivity index (χ4n) is 2.54. The topological polar surface area (TPSA) is 46.3 Å². The molecule has 0 aromatic heterocycles. The zero-order valence-electron chi connectivity index (χ0n) is 11.3. The molecule has 2 unspecified atom stereocenters. The summed E-state index contributed by atoms with van der Waals surface area (Å²) in [5.74, 6) is 0.0357. The molecule has 1 aromatic carbocycles. The first-order valence-electron chi connectivity index (χ1n) is 6.49. The molecule has 0 saturated carbocycles. The minimum absolute atomic E-state index is 0. The third-order valence-electron chi connectivity index (χ3n) is 3.68. The molecular weight excluding hydrogens is 347 g/mol. The standard InChI is InChI=1S/C14H18BrFN2O.ClH/c1-9-4-5-18(11(6-9)8-17)14(19)10-2-3-12(15)13(16)7-10;/h2-3,7,9,11H,4-6,8,17H2,1H3;1H. The summed E-state index contributed by atoms with van der Waals surface area (Å²) in [5.41, 5.74) is 6.13. The lowest BCUT2D eigenvalue weighted by molar-refractivity contribution is 0.0573. The second-order valence-electron chi connectivity index (χ2n) is 5.15. The van der Waals surface area contributed by atoms with Crippen LogP contribution in [0, 0.1) is 11.7 Å². The van der Waals surface area contributed by atoms with Gasteiger partial charge in [0.1, 0.15) is 5.82 Å². The molecule has 1 aliphatic heterocycles. The Morgan fingerprint density at radius 1 is 1.55 bits per heavy atom. The minimum Gasteiger partial charge on any atom is -0.334 e. The fraction of sp³-hybridized carbons (Fsp3) is 0.500. The highest BCUT2D eigenvalue weighted by atomic mass is 79.9. The number of piperidine rings is 1. The van der Waals surface area contributed by atoms with Crippen LogP contribution in [-0.4, -0.2) is 29.9 Å². The van der Waals surface area contributed by atoms with Crippen LogP contribution in [0.4, 0.5) is 4.39 Å². The van der Waals surface area contributed by atoms with Crippen molar-refractivity contribution in [2.24, 2.45) is 11.7 Å². The van der Waals surface area contributed by atoms with E-state index in [4.69, 9.17) is 5.73 Å². The molecule has 0 spiro atoms. The van der Waals surface area contributed by atoms with Gasteiger partial charge < -0.3 is 10.6 Å². The molecule has 112 valence electrons. The van der Waals surface area contributed by atoms with Gasteiger partial charge in [-0.25, -0.2) is 4.39 Å². The lowest BCUT2D eigenvalue weighted by atomic mass is 9.92. The number of amides is 1. The number of hydrogen-bond acceptors (Lipinski definition) is 2. The predicted molar refractivity (Wildman–Crippen MR) is 83.6 cm³/mol. The molecule has 20 heavy (non-hydrogen) atoms. The normalized spacial score (nSPS) is 22.3. The second-order valence-corrected chi connectivity index (χ2v) is 6.00. The van der Waals surface area contributed by atoms with E-state index in [1.54, 1.807) is 17.0 Å². The number of nitrogens with zero attached hydrogens (tertiary/aromatic N) is 1. The Bertz CT molecular complexity index is 486. The SMILES string of the molecule is CC1CCN(C(=O)c2ccc(Br)c(F)c2)C(CN)C1.Cl. The number of nitrogens with two attached hydrogens (primary N) is 1. The molecule has 1 fully saturated rings. The molecule has 6 heteroatoms. The summed E-state index contributed by atoms with van der Waals surface area (Å²) in [7, 11) is 0. The summed E-state index contributed by atoms with van der Waals surface area (Å²) in [6, 6.07) is 4.54. The maximum atomic E-state index is 13.5. The molecule has 1 aliphatic rings. The number of hydrogen-bond donors (Lipinski definition) is 1. The van der Waals surface area contributed by atoms with Crippen molar-refractivity contribution in [2.75, 3.05) is 13.1 Å². The van der Waals surface area contributed by atoms with Crippen LogP contribution in [0.5, 0.6) is 0 Å². The van der Waals surface area contributed by atoms with Gasteiger partial charge in [-0.1, -0.05) is 6.92 Å². The third-order valence-corrected chi connectivity index (χ3v) is 4.32. The van der Waals surface area contributed by atoms with Crippen LogP contribution in [0.1, 0.15) is 30.1 Å². The average molecular weight is 366 g/mol. The Morgan fingerprint density at radius 2 is 2.25 bits per heavy atom. The Kier molecular flexibility index (Phi) is 6.43. The summed E-state index contributed by atoms with van der Waals surface area (Å²) in [6.45, 7) is 3.32. The molecule has 1 heterocycles. The Balaban J connectivity index is 0.00000200. The van der Waals surface area contributed by atoms with Gasteiger partial charge in [-0.15, -0.1) is 12.4 Å². The minimum atomic E-state index is -0.416. The summed E-state index contributed by atoms with van der Waals surface area (Å²) in [4.78, 5) is 14.2. The van der Waals surface area contributed by atoms with E-state index < -0.39 is 5.82 Å². The number of rotatable bonds is 2. The quantitative estimate of drug-likeness (QED) is 0.875. The van der Waals surface area contributed by atoms with Crippen LogP contribution in [0.15, 0.2) is 22.7 Å². The Morgan fingerprint density at radius 3 is 2.85 bits per heavy atom. The zero-order chi connectivity index (χ0) is 14.0. The molecule has 1 aromatic rings. The molecule has 1 amide bonds. The lowest BCUT2D eigenvalue weighted by Crippen LogP contribution is -2.49. The van der Waals surface area contributed by atoms with E-state index in [0.717, 1.165) is 12.8 Å². The molecule has 2 rings (SSSR count). The summed E-state index contributed by atoms with van der Waals surface area (Å²) in [5, 5.41) is 0. The van der Waals surface area contributed by atoms with E-state index in [1.165, 1.54) is 6.07 Å². The maximum Gasteiger partial charge on any atom is 0.254 e. The van der Waals surface area contributed by atoms with Gasteiger partial charge in [0.05, 0.1) is 4.47 Å². The van der Waals surface area contributed by atoms with Crippen LogP contribution < -0.4 is 5.73 Å². The Hall–Kier alpha value is -0.650. The number of carbonyl (C=O) groups excluding carboxylic acids is 1. The van der Waals surface area contributed by atoms with Crippen LogP contribution >= 0.6 is 28.3 Å². The summed E-state index contributed by atoms with van der Waals surface area (Å²) >= 11 is 3.09. The molecule has 1 saturated heterocycles. The van der Waals surface area contributed by atoms with Gasteiger partial charge in [-0.3, -0.25) is 4.79 Å². The molecule has 0 radical (unpaired) electrons. The monoisotopic (exact) mass is 364 g/mol. The molecular formula is C14H19BrClFN2O. The van der Waals surface area contributed by atoms with Crippen molar-refractivity contribution >= 4 is 34.2 Å². The second kappa shape index (κ2) is 7.38. The van der Waals surface area contributed by atoms with E-state index in [0.29, 0.717) is 29.0 Å². The number of likely N-dealkylation sites (tertiary alicyclic amines) is 1. The lowest BCUT2D eigenvalue weighted by Gasteiger charge is -2.38. The van der Waals surface area contributed by atoms with Gasteiger partial charge in [0.15, 0.2) is 0 Å². The molecule has 2 atom stereocenters. The van der Waals surface area contributed by atoms with Crippen molar-refractivity contribution in [3.05, 3.63) is 34.1 Å². The van der Waals surface area contributed by atoms with E-state index in [1.807, 2.05) is 0 Å². The molecule has 0 aliphatic carbocycles. The van der Waals surface area contributed by atoms with Crippen molar-refractivity contribution < 1.29 is 9.18 Å². The van der Waals surface area contributed by atoms with Crippen molar-refractivity contribution in [3.8, 4) is 0 Å². The van der Waals surface area contributed by atoms with Crippen LogP contribution in [0.3, 0.4) is 0 Å². The van der Waals surface area contributed by atoms with E-state index in [9.17, 15) is 9.18 Å². The number of benzene rings is 1. The summed E-state index contributed by atoms with van der Waals surface area (Å²) < 4.78 is 13.9. The van der Waals surface area contributed by atoms with Crippen molar-refractivity contribution in [1.29, 1.82) is 0 Å².